The molecule has 2 fully saturated rings. The van der Waals surface area contributed by atoms with E-state index in [4.69, 9.17) is 22.3 Å². The highest BCUT2D eigenvalue weighted by atomic mass is 35.5. The predicted molar refractivity (Wildman–Crippen MR) is 137 cm³/mol. The Labute approximate surface area is 217 Å². The Balaban J connectivity index is 1.52. The molecule has 0 saturated heterocycles. The van der Waals surface area contributed by atoms with Crippen LogP contribution in [0.5, 0.6) is 0 Å². The minimum Gasteiger partial charge on any atom is -0.393 e. The van der Waals surface area contributed by atoms with Gasteiger partial charge in [0, 0.05) is 23.6 Å². The molecule has 0 spiro atoms. The van der Waals surface area contributed by atoms with Gasteiger partial charge in [-0.25, -0.2) is 18.7 Å². The van der Waals surface area contributed by atoms with Gasteiger partial charge in [0.15, 0.2) is 11.5 Å². The second-order valence-electron chi connectivity index (χ2n) is 10.4. The van der Waals surface area contributed by atoms with E-state index in [0.717, 1.165) is 31.4 Å². The number of halogens is 3. The number of carbonyl (C=O) groups excluding carboxylic acids is 1. The Morgan fingerprint density at radius 1 is 1.22 bits per heavy atom. The molecule has 2 aliphatic rings. The van der Waals surface area contributed by atoms with Gasteiger partial charge >= 0.3 is 0 Å². The van der Waals surface area contributed by atoms with E-state index < -0.39 is 17.0 Å². The number of aliphatic hydroxyl groups is 1. The summed E-state index contributed by atoms with van der Waals surface area (Å²) in [6.07, 6.45) is 6.86. The number of anilines is 3. The molecule has 37 heavy (non-hydrogen) atoms. The maximum Gasteiger partial charge on any atom is 0.224 e. The van der Waals surface area contributed by atoms with E-state index >= 15 is 0 Å². The Kier molecular flexibility index (Phi) is 6.93. The van der Waals surface area contributed by atoms with E-state index in [-0.39, 0.29) is 40.8 Å². The Morgan fingerprint density at radius 3 is 2.65 bits per heavy atom. The van der Waals surface area contributed by atoms with Crippen molar-refractivity contribution in [2.24, 2.45) is 11.1 Å². The van der Waals surface area contributed by atoms with Crippen molar-refractivity contribution in [3.05, 3.63) is 35.0 Å². The summed E-state index contributed by atoms with van der Waals surface area (Å²) in [4.78, 5) is 25.8. The van der Waals surface area contributed by atoms with Crippen LogP contribution < -0.4 is 16.4 Å². The number of rotatable bonds is 6. The van der Waals surface area contributed by atoms with E-state index in [9.17, 15) is 18.7 Å². The fourth-order valence-electron chi connectivity index (χ4n) is 5.39. The Morgan fingerprint density at radius 2 is 1.97 bits per heavy atom. The number of primary amides is 1. The van der Waals surface area contributed by atoms with Crippen LogP contribution in [0.25, 0.3) is 11.2 Å². The number of aromatic nitrogens is 4. The maximum absolute atomic E-state index is 14.6. The normalized spacial score (nSPS) is 26.2. The van der Waals surface area contributed by atoms with E-state index in [1.165, 1.54) is 0 Å². The van der Waals surface area contributed by atoms with Crippen LogP contribution in [0.4, 0.5) is 26.4 Å². The first-order valence-corrected chi connectivity index (χ1v) is 12.9. The van der Waals surface area contributed by atoms with Crippen molar-refractivity contribution in [1.82, 2.24) is 19.5 Å². The second-order valence-corrected chi connectivity index (χ2v) is 10.8. The number of imidazole rings is 1. The summed E-state index contributed by atoms with van der Waals surface area (Å²) in [5.74, 6) is -1.27. The SMILES string of the molecule is CC1(C(N)=O)CCC(n2c(Nc3c(F)cc(F)cc3Cl)nc3cnc(N[C@@H]4CCC[C@@H](O)C4)nc32)CC1. The summed E-state index contributed by atoms with van der Waals surface area (Å²) >= 11 is 6.15. The minimum atomic E-state index is -0.849. The van der Waals surface area contributed by atoms with Crippen LogP contribution in [-0.4, -0.2) is 42.7 Å². The highest BCUT2D eigenvalue weighted by Crippen LogP contribution is 2.43. The lowest BCUT2D eigenvalue weighted by atomic mass is 9.73. The molecular formula is C25H30ClF2N7O2. The average Bonchev–Trinajstić information content (AvgIpc) is 3.19. The molecule has 2 aromatic heterocycles. The van der Waals surface area contributed by atoms with E-state index in [1.54, 1.807) is 6.20 Å². The number of carbonyl (C=O) groups is 1. The third-order valence-electron chi connectivity index (χ3n) is 7.67. The lowest BCUT2D eigenvalue weighted by Gasteiger charge is -2.35. The van der Waals surface area contributed by atoms with Gasteiger partial charge in [0.25, 0.3) is 0 Å². The van der Waals surface area contributed by atoms with Gasteiger partial charge in [-0.05, 0) is 57.4 Å². The van der Waals surface area contributed by atoms with Crippen LogP contribution >= 0.6 is 11.6 Å². The highest BCUT2D eigenvalue weighted by molar-refractivity contribution is 6.33. The van der Waals surface area contributed by atoms with Crippen molar-refractivity contribution in [2.45, 2.75) is 76.5 Å². The van der Waals surface area contributed by atoms with Crippen LogP contribution in [0.3, 0.4) is 0 Å². The largest absolute Gasteiger partial charge is 0.393 e. The summed E-state index contributed by atoms with van der Waals surface area (Å²) in [6.45, 7) is 1.87. The summed E-state index contributed by atoms with van der Waals surface area (Å²) in [6, 6.07) is 1.72. The molecular weight excluding hydrogens is 504 g/mol. The number of nitrogens with zero attached hydrogens (tertiary/aromatic N) is 4. The zero-order valence-electron chi connectivity index (χ0n) is 20.5. The summed E-state index contributed by atoms with van der Waals surface area (Å²) in [7, 11) is 0. The number of aliphatic hydroxyl groups excluding tert-OH is 1. The highest BCUT2D eigenvalue weighted by Gasteiger charge is 2.38. The van der Waals surface area contributed by atoms with Gasteiger partial charge in [-0.3, -0.25) is 9.36 Å². The van der Waals surface area contributed by atoms with Gasteiger partial charge in [-0.2, -0.15) is 4.98 Å². The molecule has 0 unspecified atom stereocenters. The standard InChI is InChI=1S/C25H30ClF2N7O2/c1-25(22(29)37)7-5-15(6-8-25)35-21-19(12-30-23(34-21)31-14-3-2-4-16(36)11-14)32-24(35)33-20-17(26)9-13(27)10-18(20)28/h9-10,12,14-16,36H,2-8,11H2,1H3,(H2,29,37)(H,32,33)(H,30,31,34)/t14-,15?,16-,25?/m1/s1. The lowest BCUT2D eigenvalue weighted by Crippen LogP contribution is -2.38. The topological polar surface area (TPSA) is 131 Å². The Hall–Kier alpha value is -3.05. The lowest BCUT2D eigenvalue weighted by molar-refractivity contribution is -0.128. The molecule has 0 bridgehead atoms. The third kappa shape index (κ3) is 5.19. The Bertz CT molecular complexity index is 1300. The fraction of sp³-hybridized carbons (Fsp3) is 0.520. The first-order valence-electron chi connectivity index (χ1n) is 12.5. The molecule has 2 atom stereocenters. The van der Waals surface area contributed by atoms with Crippen molar-refractivity contribution < 1.29 is 18.7 Å². The zero-order chi connectivity index (χ0) is 26.3. The smallest absolute Gasteiger partial charge is 0.224 e. The molecule has 5 rings (SSSR count). The first kappa shape index (κ1) is 25.6. The van der Waals surface area contributed by atoms with Gasteiger partial charge in [-0.15, -0.1) is 0 Å². The van der Waals surface area contributed by atoms with Crippen molar-refractivity contribution in [3.63, 3.8) is 0 Å². The van der Waals surface area contributed by atoms with Gasteiger partial charge < -0.3 is 21.5 Å². The van der Waals surface area contributed by atoms with E-state index in [1.807, 2.05) is 11.5 Å². The molecule has 1 aromatic carbocycles. The van der Waals surface area contributed by atoms with Gasteiger partial charge in [0.1, 0.15) is 11.3 Å². The van der Waals surface area contributed by atoms with Crippen molar-refractivity contribution >= 4 is 46.3 Å². The molecule has 3 aromatic rings. The van der Waals surface area contributed by atoms with Crippen LogP contribution in [0.15, 0.2) is 18.3 Å². The molecule has 9 nitrogen and oxygen atoms in total. The third-order valence-corrected chi connectivity index (χ3v) is 7.97. The number of nitrogens with one attached hydrogen (secondary N) is 2. The number of hydrogen-bond acceptors (Lipinski definition) is 7. The average molecular weight is 534 g/mol. The zero-order valence-corrected chi connectivity index (χ0v) is 21.2. The molecule has 5 N–H and O–H groups in total. The minimum absolute atomic E-state index is 0.0493. The molecule has 1 amide bonds. The maximum atomic E-state index is 14.6. The number of nitrogens with two attached hydrogens (primary N) is 1. The van der Waals surface area contributed by atoms with Crippen molar-refractivity contribution in [3.8, 4) is 0 Å². The van der Waals surface area contributed by atoms with Crippen LogP contribution in [-0.2, 0) is 4.79 Å². The molecule has 2 aliphatic carbocycles. The van der Waals surface area contributed by atoms with Crippen molar-refractivity contribution in [2.75, 3.05) is 10.6 Å². The predicted octanol–water partition coefficient (Wildman–Crippen LogP) is 4.82. The van der Waals surface area contributed by atoms with Crippen LogP contribution in [0.1, 0.15) is 64.3 Å². The van der Waals surface area contributed by atoms with Crippen LogP contribution in [0, 0.1) is 17.0 Å². The molecule has 0 radical (unpaired) electrons. The number of hydrogen-bond donors (Lipinski definition) is 4. The van der Waals surface area contributed by atoms with Gasteiger partial charge in [0.2, 0.25) is 17.8 Å². The number of benzene rings is 1. The number of fused-ring (bicyclic) bond motifs is 1. The molecule has 2 saturated carbocycles. The summed E-state index contributed by atoms with van der Waals surface area (Å²) in [5, 5.41) is 16.2. The monoisotopic (exact) mass is 533 g/mol. The van der Waals surface area contributed by atoms with Gasteiger partial charge in [0.05, 0.1) is 23.0 Å². The van der Waals surface area contributed by atoms with Crippen molar-refractivity contribution in [1.29, 1.82) is 0 Å². The van der Waals surface area contributed by atoms with E-state index in [0.29, 0.717) is 49.2 Å². The van der Waals surface area contributed by atoms with E-state index in [2.05, 4.69) is 20.6 Å². The molecule has 2 heterocycles. The quantitative estimate of drug-likeness (QED) is 0.357. The van der Waals surface area contributed by atoms with Gasteiger partial charge in [-0.1, -0.05) is 18.5 Å². The summed E-state index contributed by atoms with van der Waals surface area (Å²) < 4.78 is 30.1. The number of amides is 1. The molecule has 198 valence electrons. The molecule has 0 aliphatic heterocycles. The second kappa shape index (κ2) is 10.0. The first-order chi connectivity index (χ1) is 17.6. The fourth-order valence-corrected chi connectivity index (χ4v) is 5.63. The van der Waals surface area contributed by atoms with Crippen LogP contribution in [0.2, 0.25) is 5.02 Å². The summed E-state index contributed by atoms with van der Waals surface area (Å²) in [5.41, 5.74) is 5.97. The molecule has 12 heteroatoms.